The first-order valence-corrected chi connectivity index (χ1v) is 6.79. The molecule has 0 aliphatic heterocycles. The number of ether oxygens (including phenoxy) is 1. The van der Waals surface area contributed by atoms with E-state index in [1.807, 2.05) is 32.2 Å². The summed E-state index contributed by atoms with van der Waals surface area (Å²) in [7, 11) is 1.86. The predicted octanol–water partition coefficient (Wildman–Crippen LogP) is 2.79. The topological polar surface area (TPSA) is 52.2 Å². The lowest BCUT2D eigenvalue weighted by molar-refractivity contribution is 0.244. The molecule has 0 fully saturated rings. The number of aromatic nitrogens is 2. The monoisotopic (exact) mass is 277 g/mol. The van der Waals surface area contributed by atoms with Crippen LogP contribution < -0.4 is 10.1 Å². The van der Waals surface area contributed by atoms with Crippen molar-refractivity contribution >= 4 is 0 Å². The van der Waals surface area contributed by atoms with Crippen LogP contribution in [0.25, 0.3) is 0 Å². The Bertz CT molecular complexity index is 564. The predicted molar refractivity (Wildman–Crippen MR) is 77.6 cm³/mol. The van der Waals surface area contributed by atoms with Crippen LogP contribution in [0.3, 0.4) is 0 Å². The van der Waals surface area contributed by atoms with E-state index >= 15 is 0 Å². The first kappa shape index (κ1) is 14.7. The Morgan fingerprint density at radius 2 is 2.00 bits per heavy atom. The van der Waals surface area contributed by atoms with Gasteiger partial charge in [0.2, 0.25) is 5.88 Å². The van der Waals surface area contributed by atoms with E-state index in [0.29, 0.717) is 13.2 Å². The minimum absolute atomic E-state index is 0.0791. The van der Waals surface area contributed by atoms with E-state index in [1.54, 1.807) is 4.68 Å². The molecule has 0 radical (unpaired) electrons. The first-order valence-electron chi connectivity index (χ1n) is 6.79. The molecule has 2 rings (SSSR count). The average Bonchev–Trinajstić information content (AvgIpc) is 2.90. The summed E-state index contributed by atoms with van der Waals surface area (Å²) in [5.41, 5.74) is 1.02. The van der Waals surface area contributed by atoms with E-state index in [1.165, 1.54) is 0 Å². The van der Waals surface area contributed by atoms with Gasteiger partial charge in [-0.3, -0.25) is 0 Å². The Kier molecular flexibility index (Phi) is 4.18. The van der Waals surface area contributed by atoms with Crippen LogP contribution in [0.15, 0.2) is 22.6 Å². The summed E-state index contributed by atoms with van der Waals surface area (Å²) in [6.45, 7) is 9.46. The molecule has 0 aliphatic carbocycles. The van der Waals surface area contributed by atoms with E-state index in [2.05, 4.69) is 31.2 Å². The molecule has 0 atom stereocenters. The Morgan fingerprint density at radius 1 is 1.30 bits per heavy atom. The van der Waals surface area contributed by atoms with Crippen molar-refractivity contribution in [3.05, 3.63) is 35.4 Å². The van der Waals surface area contributed by atoms with Gasteiger partial charge in [-0.25, -0.2) is 4.68 Å². The van der Waals surface area contributed by atoms with Crippen LogP contribution in [0.1, 0.15) is 38.0 Å². The first-order chi connectivity index (χ1) is 9.33. The summed E-state index contributed by atoms with van der Waals surface area (Å²) in [4.78, 5) is 0. The molecule has 2 heterocycles. The molecule has 5 nitrogen and oxygen atoms in total. The Labute approximate surface area is 119 Å². The zero-order chi connectivity index (χ0) is 14.8. The summed E-state index contributed by atoms with van der Waals surface area (Å²) in [5, 5.41) is 7.63. The maximum Gasteiger partial charge on any atom is 0.212 e. The highest BCUT2D eigenvalue weighted by Crippen LogP contribution is 2.15. The van der Waals surface area contributed by atoms with Crippen LogP contribution in [0, 0.1) is 6.92 Å². The van der Waals surface area contributed by atoms with Crippen molar-refractivity contribution in [1.29, 1.82) is 0 Å². The zero-order valence-electron chi connectivity index (χ0n) is 12.9. The van der Waals surface area contributed by atoms with Crippen molar-refractivity contribution < 1.29 is 9.15 Å². The van der Waals surface area contributed by atoms with Gasteiger partial charge in [-0.15, -0.1) is 0 Å². The lowest BCUT2D eigenvalue weighted by Gasteiger charge is -2.19. The number of furan rings is 1. The fourth-order valence-corrected chi connectivity index (χ4v) is 1.81. The summed E-state index contributed by atoms with van der Waals surface area (Å²) < 4.78 is 13.1. The van der Waals surface area contributed by atoms with Gasteiger partial charge in [-0.05, 0) is 39.8 Å². The lowest BCUT2D eigenvalue weighted by atomic mass is 10.1. The van der Waals surface area contributed by atoms with Crippen molar-refractivity contribution in [1.82, 2.24) is 15.1 Å². The van der Waals surface area contributed by atoms with Crippen molar-refractivity contribution in [2.24, 2.45) is 7.05 Å². The van der Waals surface area contributed by atoms with Crippen LogP contribution in [-0.2, 0) is 20.2 Å². The highest BCUT2D eigenvalue weighted by Gasteiger charge is 2.11. The van der Waals surface area contributed by atoms with Crippen LogP contribution >= 0.6 is 0 Å². The molecule has 0 spiro atoms. The van der Waals surface area contributed by atoms with Crippen molar-refractivity contribution in [2.45, 2.75) is 46.4 Å². The number of aryl methyl sites for hydroxylation is 2. The van der Waals surface area contributed by atoms with Crippen molar-refractivity contribution in [3.8, 4) is 5.88 Å². The second kappa shape index (κ2) is 5.71. The minimum Gasteiger partial charge on any atom is -0.470 e. The van der Waals surface area contributed by atoms with Gasteiger partial charge in [0.1, 0.15) is 18.1 Å². The molecule has 2 aromatic heterocycles. The second-order valence-corrected chi connectivity index (χ2v) is 6.01. The van der Waals surface area contributed by atoms with Gasteiger partial charge in [0.25, 0.3) is 0 Å². The zero-order valence-corrected chi connectivity index (χ0v) is 12.9. The van der Waals surface area contributed by atoms with Gasteiger partial charge in [0, 0.05) is 18.7 Å². The Morgan fingerprint density at radius 3 is 2.60 bits per heavy atom. The largest absolute Gasteiger partial charge is 0.470 e. The summed E-state index contributed by atoms with van der Waals surface area (Å²) in [5.74, 6) is 2.47. The highest BCUT2D eigenvalue weighted by molar-refractivity contribution is 5.15. The molecule has 0 amide bonds. The number of nitrogens with zero attached hydrogens (tertiary/aromatic N) is 2. The third-order valence-corrected chi connectivity index (χ3v) is 2.83. The minimum atomic E-state index is 0.0791. The SMILES string of the molecule is Cc1cc(OCc2ccc(CNC(C)(C)C)o2)n(C)n1. The van der Waals surface area contributed by atoms with Gasteiger partial charge in [-0.1, -0.05) is 0 Å². The van der Waals surface area contributed by atoms with E-state index in [4.69, 9.17) is 9.15 Å². The molecule has 20 heavy (non-hydrogen) atoms. The smallest absolute Gasteiger partial charge is 0.212 e. The molecule has 1 N–H and O–H groups in total. The third kappa shape index (κ3) is 4.13. The van der Waals surface area contributed by atoms with Crippen molar-refractivity contribution in [3.63, 3.8) is 0 Å². The second-order valence-electron chi connectivity index (χ2n) is 6.01. The molecule has 5 heteroatoms. The normalized spacial score (nSPS) is 11.8. The quantitative estimate of drug-likeness (QED) is 0.913. The summed E-state index contributed by atoms with van der Waals surface area (Å²) >= 11 is 0. The fraction of sp³-hybridized carbons (Fsp3) is 0.533. The molecule has 0 aromatic carbocycles. The van der Waals surface area contributed by atoms with Gasteiger partial charge in [-0.2, -0.15) is 5.10 Å². The van der Waals surface area contributed by atoms with E-state index < -0.39 is 0 Å². The Hall–Kier alpha value is -1.75. The highest BCUT2D eigenvalue weighted by atomic mass is 16.5. The van der Waals surface area contributed by atoms with Gasteiger partial charge in [0.05, 0.1) is 12.2 Å². The van der Waals surface area contributed by atoms with Gasteiger partial charge >= 0.3 is 0 Å². The molecule has 0 aliphatic rings. The van der Waals surface area contributed by atoms with Crippen LogP contribution in [0.2, 0.25) is 0 Å². The molecule has 0 saturated heterocycles. The molecule has 0 bridgehead atoms. The Balaban J connectivity index is 1.88. The molecule has 0 saturated carbocycles. The molecular formula is C15H23N3O2. The number of nitrogens with one attached hydrogen (secondary N) is 1. The van der Waals surface area contributed by atoms with E-state index in [0.717, 1.165) is 23.1 Å². The summed E-state index contributed by atoms with van der Waals surface area (Å²) in [6, 6.07) is 5.83. The summed E-state index contributed by atoms with van der Waals surface area (Å²) in [6.07, 6.45) is 0. The maximum atomic E-state index is 5.73. The van der Waals surface area contributed by atoms with Crippen LogP contribution in [0.5, 0.6) is 5.88 Å². The molecule has 110 valence electrons. The standard InChI is InChI=1S/C15H23N3O2/c1-11-8-14(18(5)17-11)19-10-13-7-6-12(20-13)9-16-15(2,3)4/h6-8,16H,9-10H2,1-5H3. The van der Waals surface area contributed by atoms with Gasteiger partial charge in [0.15, 0.2) is 0 Å². The third-order valence-electron chi connectivity index (χ3n) is 2.83. The number of hydrogen-bond donors (Lipinski definition) is 1. The number of rotatable bonds is 5. The van der Waals surface area contributed by atoms with Crippen LogP contribution in [0.4, 0.5) is 0 Å². The maximum absolute atomic E-state index is 5.73. The molecule has 0 unspecified atom stereocenters. The van der Waals surface area contributed by atoms with E-state index in [9.17, 15) is 0 Å². The van der Waals surface area contributed by atoms with Gasteiger partial charge < -0.3 is 14.5 Å². The van der Waals surface area contributed by atoms with E-state index in [-0.39, 0.29) is 5.54 Å². The fourth-order valence-electron chi connectivity index (χ4n) is 1.81. The molecule has 2 aromatic rings. The molecular weight excluding hydrogens is 254 g/mol. The average molecular weight is 277 g/mol. The van der Waals surface area contributed by atoms with Crippen molar-refractivity contribution in [2.75, 3.05) is 0 Å². The van der Waals surface area contributed by atoms with Crippen LogP contribution in [-0.4, -0.2) is 15.3 Å². The lowest BCUT2D eigenvalue weighted by Crippen LogP contribution is -2.34. The number of hydrogen-bond acceptors (Lipinski definition) is 4.